The molecule has 0 N–H and O–H groups in total. The molecule has 0 aliphatic rings. The van der Waals surface area contributed by atoms with E-state index in [1.165, 1.54) is 11.3 Å². The van der Waals surface area contributed by atoms with Crippen LogP contribution in [0.4, 0.5) is 0 Å². The molecule has 0 unspecified atom stereocenters. The molecule has 3 aromatic rings. The van der Waals surface area contributed by atoms with Gasteiger partial charge in [0, 0.05) is 0 Å². The van der Waals surface area contributed by atoms with Crippen LogP contribution in [-0.2, 0) is 27.3 Å². The molecular weight excluding hydrogens is 392 g/mol. The second kappa shape index (κ2) is 9.38. The summed E-state index contributed by atoms with van der Waals surface area (Å²) < 4.78 is 18.0. The van der Waals surface area contributed by atoms with Gasteiger partial charge in [-0.25, -0.2) is 0 Å². The van der Waals surface area contributed by atoms with Crippen LogP contribution >= 0.6 is 11.3 Å². The lowest BCUT2D eigenvalue weighted by Crippen LogP contribution is -2.23. The van der Waals surface area contributed by atoms with Crippen molar-refractivity contribution in [3.05, 3.63) is 52.8 Å². The van der Waals surface area contributed by atoms with E-state index in [0.717, 1.165) is 21.5 Å². The van der Waals surface area contributed by atoms with Crippen LogP contribution in [0, 0.1) is 0 Å². The van der Waals surface area contributed by atoms with Crippen LogP contribution in [-0.4, -0.2) is 37.3 Å². The minimum absolute atomic E-state index is 0.0190. The lowest BCUT2D eigenvalue weighted by atomic mass is 10.1. The molecule has 1 aromatic heterocycles. The molecule has 1 amide bonds. The van der Waals surface area contributed by atoms with E-state index >= 15 is 0 Å². The van der Waals surface area contributed by atoms with Gasteiger partial charge in [0.15, 0.2) is 4.80 Å². The highest BCUT2D eigenvalue weighted by molar-refractivity contribution is 7.16. The van der Waals surface area contributed by atoms with Crippen molar-refractivity contribution in [1.82, 2.24) is 4.57 Å². The Morgan fingerprint density at radius 3 is 2.38 bits per heavy atom. The number of rotatable bonds is 7. The van der Waals surface area contributed by atoms with Crippen LogP contribution in [0.3, 0.4) is 0 Å². The summed E-state index contributed by atoms with van der Waals surface area (Å²) in [6, 6.07) is 12.8. The Kier molecular flexibility index (Phi) is 6.66. The number of nitrogens with zero attached hydrogens (tertiary/aromatic N) is 2. The van der Waals surface area contributed by atoms with Gasteiger partial charge < -0.3 is 18.8 Å². The van der Waals surface area contributed by atoms with Gasteiger partial charge in [-0.05, 0) is 42.8 Å². The zero-order valence-corrected chi connectivity index (χ0v) is 17.3. The lowest BCUT2D eigenvalue weighted by molar-refractivity contribution is -0.143. The van der Waals surface area contributed by atoms with Gasteiger partial charge in [0.1, 0.15) is 18.0 Å². The number of carbonyl (C=O) groups excluding carboxylic acids is 2. The average Bonchev–Trinajstić information content (AvgIpc) is 3.04. The highest BCUT2D eigenvalue weighted by atomic mass is 32.1. The second-order valence-electron chi connectivity index (χ2n) is 6.14. The first kappa shape index (κ1) is 20.6. The van der Waals surface area contributed by atoms with Gasteiger partial charge in [0.05, 0.1) is 37.5 Å². The third-order valence-electron chi connectivity index (χ3n) is 4.22. The number of methoxy groups -OCH3 is 2. The predicted molar refractivity (Wildman–Crippen MR) is 110 cm³/mol. The van der Waals surface area contributed by atoms with Gasteiger partial charge in [0.2, 0.25) is 0 Å². The normalized spacial score (nSPS) is 11.5. The molecule has 29 heavy (non-hydrogen) atoms. The van der Waals surface area contributed by atoms with E-state index in [1.807, 2.05) is 24.3 Å². The first-order valence-electron chi connectivity index (χ1n) is 9.07. The monoisotopic (exact) mass is 414 g/mol. The number of carbonyl (C=O) groups is 2. The number of amides is 1. The fourth-order valence-electron chi connectivity index (χ4n) is 2.82. The number of ether oxygens (including phenoxy) is 3. The predicted octanol–water partition coefficient (Wildman–Crippen LogP) is 2.95. The molecule has 2 aromatic carbocycles. The number of esters is 1. The van der Waals surface area contributed by atoms with Crippen LogP contribution in [0.25, 0.3) is 10.2 Å². The zero-order valence-electron chi connectivity index (χ0n) is 16.5. The van der Waals surface area contributed by atoms with Gasteiger partial charge in [0.25, 0.3) is 5.91 Å². The first-order valence-corrected chi connectivity index (χ1v) is 9.89. The minimum atomic E-state index is -0.382. The molecule has 0 aliphatic carbocycles. The molecule has 0 saturated heterocycles. The van der Waals surface area contributed by atoms with Gasteiger partial charge in [-0.3, -0.25) is 9.59 Å². The quantitative estimate of drug-likeness (QED) is 0.556. The standard InChI is InChI=1S/C21H22N2O5S/c1-4-28-20(25)13-23-17-10-9-16(27-3)12-18(17)29-21(23)22-19(24)11-14-5-7-15(26-2)8-6-14/h5-10,12H,4,11,13H2,1-3H3. The van der Waals surface area contributed by atoms with Crippen LogP contribution in [0.15, 0.2) is 47.5 Å². The van der Waals surface area contributed by atoms with Crippen molar-refractivity contribution in [3.63, 3.8) is 0 Å². The van der Waals surface area contributed by atoms with Crippen molar-refractivity contribution in [2.24, 2.45) is 4.99 Å². The molecule has 0 bridgehead atoms. The molecule has 8 heteroatoms. The molecule has 7 nitrogen and oxygen atoms in total. The average molecular weight is 414 g/mol. The smallest absolute Gasteiger partial charge is 0.326 e. The van der Waals surface area contributed by atoms with Crippen molar-refractivity contribution >= 4 is 33.4 Å². The Bertz CT molecular complexity index is 1080. The molecular formula is C21H22N2O5S. The van der Waals surface area contributed by atoms with E-state index in [0.29, 0.717) is 10.6 Å². The van der Waals surface area contributed by atoms with Crippen molar-refractivity contribution in [3.8, 4) is 11.5 Å². The van der Waals surface area contributed by atoms with Crippen molar-refractivity contribution < 1.29 is 23.8 Å². The summed E-state index contributed by atoms with van der Waals surface area (Å²) in [5.41, 5.74) is 1.62. The summed E-state index contributed by atoms with van der Waals surface area (Å²) in [5, 5.41) is 0. The number of hydrogen-bond acceptors (Lipinski definition) is 6. The molecule has 0 atom stereocenters. The summed E-state index contributed by atoms with van der Waals surface area (Å²) >= 11 is 1.33. The van der Waals surface area contributed by atoms with Gasteiger partial charge >= 0.3 is 5.97 Å². The fourth-order valence-corrected chi connectivity index (χ4v) is 3.89. The Morgan fingerprint density at radius 2 is 1.72 bits per heavy atom. The molecule has 0 fully saturated rings. The molecule has 1 heterocycles. The Labute approximate surface area is 172 Å². The zero-order chi connectivity index (χ0) is 20.8. The van der Waals surface area contributed by atoms with Gasteiger partial charge in [-0.2, -0.15) is 4.99 Å². The van der Waals surface area contributed by atoms with Crippen LogP contribution in [0.2, 0.25) is 0 Å². The van der Waals surface area contributed by atoms with E-state index in [9.17, 15) is 9.59 Å². The van der Waals surface area contributed by atoms with Crippen LogP contribution < -0.4 is 14.3 Å². The van der Waals surface area contributed by atoms with E-state index in [4.69, 9.17) is 14.2 Å². The number of hydrogen-bond donors (Lipinski definition) is 0. The molecule has 152 valence electrons. The SMILES string of the molecule is CCOC(=O)Cn1c(=NC(=O)Cc2ccc(OC)cc2)sc2cc(OC)ccc21. The lowest BCUT2D eigenvalue weighted by Gasteiger charge is -2.06. The maximum Gasteiger partial charge on any atom is 0.326 e. The van der Waals surface area contributed by atoms with Crippen LogP contribution in [0.5, 0.6) is 11.5 Å². The minimum Gasteiger partial charge on any atom is -0.497 e. The summed E-state index contributed by atoms with van der Waals surface area (Å²) in [4.78, 5) is 29.3. The van der Waals surface area contributed by atoms with Gasteiger partial charge in [-0.1, -0.05) is 23.5 Å². The number of fused-ring (bicyclic) bond motifs is 1. The number of thiazole rings is 1. The molecule has 0 saturated carbocycles. The first-order chi connectivity index (χ1) is 14.0. The molecule has 3 rings (SSSR count). The van der Waals surface area contributed by atoms with E-state index < -0.39 is 0 Å². The number of aromatic nitrogens is 1. The van der Waals surface area contributed by atoms with Gasteiger partial charge in [-0.15, -0.1) is 0 Å². The summed E-state index contributed by atoms with van der Waals surface area (Å²) in [6.07, 6.45) is 0.154. The van der Waals surface area contributed by atoms with E-state index in [-0.39, 0.29) is 31.4 Å². The maximum atomic E-state index is 12.6. The Hall–Kier alpha value is -3.13. The molecule has 0 aliphatic heterocycles. The van der Waals surface area contributed by atoms with E-state index in [1.54, 1.807) is 43.9 Å². The largest absolute Gasteiger partial charge is 0.497 e. The molecule has 0 radical (unpaired) electrons. The van der Waals surface area contributed by atoms with Crippen molar-refractivity contribution in [1.29, 1.82) is 0 Å². The van der Waals surface area contributed by atoms with Crippen LogP contribution in [0.1, 0.15) is 12.5 Å². The third kappa shape index (κ3) is 5.03. The third-order valence-corrected chi connectivity index (χ3v) is 5.26. The number of benzene rings is 2. The highest BCUT2D eigenvalue weighted by Crippen LogP contribution is 2.23. The molecule has 0 spiro atoms. The van der Waals surface area contributed by atoms with Crippen molar-refractivity contribution in [2.45, 2.75) is 19.9 Å². The second-order valence-corrected chi connectivity index (χ2v) is 7.15. The maximum absolute atomic E-state index is 12.6. The highest BCUT2D eigenvalue weighted by Gasteiger charge is 2.13. The summed E-state index contributed by atoms with van der Waals surface area (Å²) in [5.74, 6) is 0.736. The Balaban J connectivity index is 1.96. The van der Waals surface area contributed by atoms with Crippen molar-refractivity contribution in [2.75, 3.05) is 20.8 Å². The topological polar surface area (TPSA) is 79.1 Å². The summed E-state index contributed by atoms with van der Waals surface area (Å²) in [6.45, 7) is 2.02. The fraction of sp³-hybridized carbons (Fsp3) is 0.286. The Morgan fingerprint density at radius 1 is 1.03 bits per heavy atom. The summed E-state index contributed by atoms with van der Waals surface area (Å²) in [7, 11) is 3.18. The van der Waals surface area contributed by atoms with E-state index in [2.05, 4.69) is 4.99 Å².